The lowest BCUT2D eigenvalue weighted by Gasteiger charge is -2.34. The average Bonchev–Trinajstić information content (AvgIpc) is 3.43. The first kappa shape index (κ1) is 27.0. The number of hydrogen-bond donors (Lipinski definition) is 5. The van der Waals surface area contributed by atoms with Crippen molar-refractivity contribution >= 4 is 34.3 Å². The molecule has 3 aromatic heterocycles. The summed E-state index contributed by atoms with van der Waals surface area (Å²) in [6.07, 6.45) is 8.55. The molecule has 10 nitrogen and oxygen atoms in total. The van der Waals surface area contributed by atoms with Gasteiger partial charge in [0.15, 0.2) is 0 Å². The van der Waals surface area contributed by atoms with Crippen LogP contribution in [0.5, 0.6) is 0 Å². The van der Waals surface area contributed by atoms with E-state index < -0.39 is 12.0 Å². The van der Waals surface area contributed by atoms with Crippen LogP contribution in [-0.2, 0) is 24.2 Å². The van der Waals surface area contributed by atoms with E-state index in [1.165, 1.54) is 17.7 Å². The van der Waals surface area contributed by atoms with Crippen molar-refractivity contribution in [3.05, 3.63) is 71.3 Å². The molecule has 1 atom stereocenters. The maximum absolute atomic E-state index is 12.1. The molecule has 10 heteroatoms. The largest absolute Gasteiger partial charge is 0.480 e. The third-order valence-corrected chi connectivity index (χ3v) is 8.39. The first-order chi connectivity index (χ1) is 20.1. The number of hydrogen-bond acceptors (Lipinski definition) is 8. The van der Waals surface area contributed by atoms with E-state index in [1.807, 2.05) is 30.5 Å². The number of aromatic amines is 1. The van der Waals surface area contributed by atoms with Gasteiger partial charge in [-0.3, -0.25) is 10.1 Å². The molecule has 0 spiro atoms. The lowest BCUT2D eigenvalue weighted by molar-refractivity contribution is -0.139. The maximum Gasteiger partial charge on any atom is 0.322 e. The lowest BCUT2D eigenvalue weighted by Crippen LogP contribution is -2.42. The van der Waals surface area contributed by atoms with Crippen molar-refractivity contribution in [2.75, 3.05) is 41.7 Å². The standard InChI is InChI=1S/C31H38N8O2/c1-2-23-29(35-18-27(31(40)41)34-17-22-16-33-26-8-4-3-7-24(22)26)36-19-37-30(23)39-14-11-20(12-15-39)25-10-9-21-6-5-13-32-28(21)38-25/h3-4,7-10,16,19-20,27,33-34H,2,5-6,11-15,17-18H2,1H3,(H,32,38)(H,40,41)(H,35,36,37)/t27-/m0/s1. The normalized spacial score (nSPS) is 16.3. The van der Waals surface area contributed by atoms with E-state index in [0.717, 1.165) is 79.0 Å². The molecule has 0 aliphatic carbocycles. The van der Waals surface area contributed by atoms with Crippen molar-refractivity contribution in [3.63, 3.8) is 0 Å². The summed E-state index contributed by atoms with van der Waals surface area (Å²) >= 11 is 0. The number of H-pyrrole nitrogens is 1. The van der Waals surface area contributed by atoms with Gasteiger partial charge in [0, 0.05) is 67.0 Å². The molecule has 0 amide bonds. The maximum atomic E-state index is 12.1. The van der Waals surface area contributed by atoms with Crippen molar-refractivity contribution in [3.8, 4) is 0 Å². The number of piperidine rings is 1. The van der Waals surface area contributed by atoms with Gasteiger partial charge in [-0.25, -0.2) is 15.0 Å². The Morgan fingerprint density at radius 1 is 1.17 bits per heavy atom. The highest BCUT2D eigenvalue weighted by Crippen LogP contribution is 2.33. The summed E-state index contributed by atoms with van der Waals surface area (Å²) in [6, 6.07) is 11.7. The number of anilines is 3. The molecule has 1 aromatic carbocycles. The van der Waals surface area contributed by atoms with Gasteiger partial charge in [-0.1, -0.05) is 31.2 Å². The highest BCUT2D eigenvalue weighted by molar-refractivity contribution is 5.83. The van der Waals surface area contributed by atoms with E-state index in [4.69, 9.17) is 4.98 Å². The Bertz CT molecular complexity index is 1510. The van der Waals surface area contributed by atoms with Crippen LogP contribution in [0.2, 0.25) is 0 Å². The number of aryl methyl sites for hydroxylation is 1. The van der Waals surface area contributed by atoms with E-state index in [0.29, 0.717) is 18.3 Å². The van der Waals surface area contributed by atoms with Crippen LogP contribution in [-0.4, -0.2) is 63.2 Å². The van der Waals surface area contributed by atoms with Crippen LogP contribution in [0.15, 0.2) is 48.9 Å². The number of aromatic nitrogens is 4. The van der Waals surface area contributed by atoms with Gasteiger partial charge < -0.3 is 25.6 Å². The molecule has 2 aliphatic heterocycles. The number of benzene rings is 1. The number of fused-ring (bicyclic) bond motifs is 2. The topological polar surface area (TPSA) is 131 Å². The van der Waals surface area contributed by atoms with Gasteiger partial charge >= 0.3 is 5.97 Å². The minimum Gasteiger partial charge on any atom is -0.480 e. The quantitative estimate of drug-likeness (QED) is 0.195. The lowest BCUT2D eigenvalue weighted by atomic mass is 9.92. The number of para-hydroxylation sites is 1. The summed E-state index contributed by atoms with van der Waals surface area (Å²) in [4.78, 5) is 31.8. The third kappa shape index (κ3) is 5.83. The fourth-order valence-corrected chi connectivity index (χ4v) is 6.07. The molecule has 5 N–H and O–H groups in total. The Kier molecular flexibility index (Phi) is 8.00. The molecule has 5 heterocycles. The van der Waals surface area contributed by atoms with Crippen LogP contribution in [0, 0.1) is 0 Å². The van der Waals surface area contributed by atoms with Crippen LogP contribution in [0.25, 0.3) is 10.9 Å². The second-order valence-electron chi connectivity index (χ2n) is 10.9. The molecule has 0 radical (unpaired) electrons. The highest BCUT2D eigenvalue weighted by Gasteiger charge is 2.26. The molecule has 0 saturated carbocycles. The highest BCUT2D eigenvalue weighted by atomic mass is 16.4. The van der Waals surface area contributed by atoms with Crippen LogP contribution in [0.3, 0.4) is 0 Å². The van der Waals surface area contributed by atoms with Crippen molar-refractivity contribution in [1.29, 1.82) is 0 Å². The zero-order valence-electron chi connectivity index (χ0n) is 23.5. The number of rotatable bonds is 10. The number of nitrogens with one attached hydrogen (secondary N) is 4. The predicted octanol–water partition coefficient (Wildman–Crippen LogP) is 4.31. The van der Waals surface area contributed by atoms with Gasteiger partial charge in [0.1, 0.15) is 29.8 Å². The minimum atomic E-state index is -0.905. The Morgan fingerprint density at radius 3 is 2.85 bits per heavy atom. The molecule has 6 rings (SSSR count). The molecule has 1 saturated heterocycles. The summed E-state index contributed by atoms with van der Waals surface area (Å²) < 4.78 is 0. The van der Waals surface area contributed by atoms with Gasteiger partial charge in [-0.15, -0.1) is 0 Å². The van der Waals surface area contributed by atoms with E-state index in [1.54, 1.807) is 6.33 Å². The van der Waals surface area contributed by atoms with Gasteiger partial charge in [-0.05, 0) is 55.4 Å². The molecule has 4 aromatic rings. The van der Waals surface area contributed by atoms with Crippen molar-refractivity contribution in [2.24, 2.45) is 0 Å². The minimum absolute atomic E-state index is 0.210. The van der Waals surface area contributed by atoms with Crippen LogP contribution >= 0.6 is 0 Å². The number of nitrogens with zero attached hydrogens (tertiary/aromatic N) is 4. The molecular weight excluding hydrogens is 516 g/mol. The number of carbonyl (C=O) groups is 1. The van der Waals surface area contributed by atoms with E-state index in [2.05, 4.69) is 54.9 Å². The first-order valence-electron chi connectivity index (χ1n) is 14.7. The molecule has 0 bridgehead atoms. The summed E-state index contributed by atoms with van der Waals surface area (Å²) in [5.41, 5.74) is 5.59. The van der Waals surface area contributed by atoms with Crippen LogP contribution in [0.1, 0.15) is 54.5 Å². The molecule has 214 valence electrons. The summed E-state index contributed by atoms with van der Waals surface area (Å²) in [6.45, 7) is 5.53. The molecular formula is C31H38N8O2. The summed E-state index contributed by atoms with van der Waals surface area (Å²) in [5.74, 6) is 2.22. The molecule has 1 fully saturated rings. The van der Waals surface area contributed by atoms with E-state index in [-0.39, 0.29) is 6.54 Å². The zero-order valence-corrected chi connectivity index (χ0v) is 23.5. The average molecular weight is 555 g/mol. The smallest absolute Gasteiger partial charge is 0.322 e. The fraction of sp³-hybridized carbons (Fsp3) is 0.419. The summed E-state index contributed by atoms with van der Waals surface area (Å²) in [7, 11) is 0. The van der Waals surface area contributed by atoms with Crippen molar-refractivity contribution < 1.29 is 9.90 Å². The van der Waals surface area contributed by atoms with Crippen molar-refractivity contribution in [2.45, 2.75) is 57.5 Å². The van der Waals surface area contributed by atoms with Gasteiger partial charge in [0.05, 0.1) is 0 Å². The Labute approximate surface area is 240 Å². The number of pyridine rings is 1. The number of carboxylic acid groups (broad SMARTS) is 1. The second-order valence-corrected chi connectivity index (χ2v) is 10.9. The van der Waals surface area contributed by atoms with Crippen LogP contribution in [0.4, 0.5) is 17.5 Å². The zero-order chi connectivity index (χ0) is 28.2. The van der Waals surface area contributed by atoms with E-state index >= 15 is 0 Å². The summed E-state index contributed by atoms with van der Waals surface area (Å²) in [5, 5.41) is 21.0. The Morgan fingerprint density at radius 2 is 2.02 bits per heavy atom. The molecule has 2 aliphatic rings. The predicted molar refractivity (Wildman–Crippen MR) is 162 cm³/mol. The van der Waals surface area contributed by atoms with Gasteiger partial charge in [-0.2, -0.15) is 0 Å². The Hall–Kier alpha value is -4.18. The fourth-order valence-electron chi connectivity index (χ4n) is 6.07. The number of carboxylic acids is 1. The number of aliphatic carboxylic acids is 1. The SMILES string of the molecule is CCc1c(NC[C@H](NCc2c[nH]c3ccccc23)C(=O)O)ncnc1N1CCC(c2ccc3c(n2)NCCC3)CC1. The van der Waals surface area contributed by atoms with E-state index in [9.17, 15) is 9.90 Å². The van der Waals surface area contributed by atoms with Gasteiger partial charge in [0.2, 0.25) is 0 Å². The first-order valence-corrected chi connectivity index (χ1v) is 14.7. The van der Waals surface area contributed by atoms with Crippen molar-refractivity contribution in [1.82, 2.24) is 25.3 Å². The van der Waals surface area contributed by atoms with Crippen LogP contribution < -0.4 is 20.9 Å². The van der Waals surface area contributed by atoms with Gasteiger partial charge in [0.25, 0.3) is 0 Å². The third-order valence-electron chi connectivity index (χ3n) is 8.39. The molecule has 41 heavy (non-hydrogen) atoms. The monoisotopic (exact) mass is 554 g/mol. The Balaban J connectivity index is 1.09. The second kappa shape index (κ2) is 12.1. The molecule has 0 unspecified atom stereocenters.